The van der Waals surface area contributed by atoms with E-state index in [1.54, 1.807) is 0 Å². The minimum atomic E-state index is -0.517. The molecule has 0 saturated heterocycles. The third-order valence-electron chi connectivity index (χ3n) is 3.72. The quantitative estimate of drug-likeness (QED) is 0.200. The summed E-state index contributed by atoms with van der Waals surface area (Å²) in [6.45, 7) is 0. The molecule has 2 aromatic carbocycles. The molecule has 0 saturated carbocycles. The van der Waals surface area contributed by atoms with Gasteiger partial charge in [-0.15, -0.1) is 12.6 Å². The third kappa shape index (κ3) is 4.99. The molecule has 1 N–H and O–H groups in total. The first-order chi connectivity index (χ1) is 14.3. The molecular formula is C18H12N6O5S. The van der Waals surface area contributed by atoms with Gasteiger partial charge in [0.1, 0.15) is 0 Å². The summed E-state index contributed by atoms with van der Waals surface area (Å²) in [6, 6.07) is 11.3. The summed E-state index contributed by atoms with van der Waals surface area (Å²) in [5, 5.41) is 31.5. The SMILES string of the molecule is O=[N+]([O-])c1ccc(/C=N/c2nc(S)nc(O)c2/N=C/c2ccc([N+](=O)[O-])cc2)cc1. The van der Waals surface area contributed by atoms with E-state index in [0.29, 0.717) is 11.1 Å². The zero-order chi connectivity index (χ0) is 21.7. The van der Waals surface area contributed by atoms with Crippen molar-refractivity contribution in [3.8, 4) is 5.88 Å². The first-order valence-corrected chi connectivity index (χ1v) is 8.65. The number of nitro benzene ring substituents is 2. The Hall–Kier alpha value is -4.19. The van der Waals surface area contributed by atoms with Crippen molar-refractivity contribution in [2.45, 2.75) is 5.16 Å². The van der Waals surface area contributed by atoms with Crippen LogP contribution in [0.4, 0.5) is 22.9 Å². The Morgan fingerprint density at radius 1 is 0.833 bits per heavy atom. The molecule has 3 aromatic rings. The fourth-order valence-corrected chi connectivity index (χ4v) is 2.45. The van der Waals surface area contributed by atoms with E-state index in [0.717, 1.165) is 0 Å². The zero-order valence-electron chi connectivity index (χ0n) is 15.0. The van der Waals surface area contributed by atoms with Crippen LogP contribution in [0.3, 0.4) is 0 Å². The summed E-state index contributed by atoms with van der Waals surface area (Å²) in [5.74, 6) is -0.437. The van der Waals surface area contributed by atoms with Gasteiger partial charge in [0.2, 0.25) is 5.88 Å². The number of aromatic nitrogens is 2. The Labute approximate surface area is 174 Å². The van der Waals surface area contributed by atoms with Crippen molar-refractivity contribution in [3.63, 3.8) is 0 Å². The van der Waals surface area contributed by atoms with Gasteiger partial charge in [0.15, 0.2) is 16.7 Å². The van der Waals surface area contributed by atoms with Crippen LogP contribution in [-0.4, -0.2) is 37.4 Å². The predicted octanol–water partition coefficient (Wildman–Crippen LogP) is 3.79. The number of rotatable bonds is 6. The molecule has 0 aliphatic heterocycles. The molecule has 0 aliphatic carbocycles. The smallest absolute Gasteiger partial charge is 0.269 e. The van der Waals surface area contributed by atoms with Crippen LogP contribution < -0.4 is 0 Å². The first-order valence-electron chi connectivity index (χ1n) is 8.20. The summed E-state index contributed by atoms with van der Waals surface area (Å²) >= 11 is 4.01. The average molecular weight is 424 g/mol. The lowest BCUT2D eigenvalue weighted by molar-refractivity contribution is -0.385. The van der Waals surface area contributed by atoms with Gasteiger partial charge in [-0.3, -0.25) is 20.2 Å². The monoisotopic (exact) mass is 424 g/mol. The molecule has 150 valence electrons. The highest BCUT2D eigenvalue weighted by atomic mass is 32.1. The molecule has 1 heterocycles. The van der Waals surface area contributed by atoms with Crippen LogP contribution in [0.25, 0.3) is 0 Å². The van der Waals surface area contributed by atoms with Crippen LogP contribution in [0, 0.1) is 20.2 Å². The Kier molecular flexibility index (Phi) is 6.08. The number of thiol groups is 1. The number of aromatic hydroxyl groups is 1. The topological polar surface area (TPSA) is 157 Å². The largest absolute Gasteiger partial charge is 0.492 e. The van der Waals surface area contributed by atoms with Gasteiger partial charge in [0, 0.05) is 36.7 Å². The Balaban J connectivity index is 1.90. The molecule has 30 heavy (non-hydrogen) atoms. The molecule has 12 heteroatoms. The summed E-state index contributed by atoms with van der Waals surface area (Å²) in [6.07, 6.45) is 2.76. The lowest BCUT2D eigenvalue weighted by atomic mass is 10.2. The van der Waals surface area contributed by atoms with Crippen LogP contribution >= 0.6 is 12.6 Å². The molecule has 11 nitrogen and oxygen atoms in total. The minimum absolute atomic E-state index is 0.0176. The van der Waals surface area contributed by atoms with Gasteiger partial charge in [-0.25, -0.2) is 15.0 Å². The fraction of sp³-hybridized carbons (Fsp3) is 0. The Morgan fingerprint density at radius 3 is 1.77 bits per heavy atom. The van der Waals surface area contributed by atoms with Crippen molar-refractivity contribution in [2.24, 2.45) is 9.98 Å². The summed E-state index contributed by atoms with van der Waals surface area (Å²) in [4.78, 5) is 36.5. The standard InChI is InChI=1S/C18H12N6O5S/c25-17-15(19-9-11-1-5-13(6-2-11)23(26)27)16(21-18(30)22-17)20-10-12-3-7-14(8-4-12)24(28)29/h1-10H,(H2,21,22,25,30)/b19-9+,20-10+. The normalized spacial score (nSPS) is 11.2. The number of non-ortho nitro benzene ring substituents is 2. The van der Waals surface area contributed by atoms with E-state index in [1.807, 2.05) is 0 Å². The number of benzene rings is 2. The first kappa shape index (κ1) is 20.5. The van der Waals surface area contributed by atoms with E-state index in [1.165, 1.54) is 61.0 Å². The highest BCUT2D eigenvalue weighted by Gasteiger charge is 2.12. The van der Waals surface area contributed by atoms with Crippen LogP contribution in [0.1, 0.15) is 11.1 Å². The van der Waals surface area contributed by atoms with E-state index in [9.17, 15) is 25.3 Å². The van der Waals surface area contributed by atoms with Gasteiger partial charge in [-0.1, -0.05) is 0 Å². The van der Waals surface area contributed by atoms with Gasteiger partial charge in [0.05, 0.1) is 9.85 Å². The van der Waals surface area contributed by atoms with E-state index in [-0.39, 0.29) is 28.0 Å². The lowest BCUT2D eigenvalue weighted by Gasteiger charge is -2.03. The lowest BCUT2D eigenvalue weighted by Crippen LogP contribution is -1.90. The van der Waals surface area contributed by atoms with E-state index in [2.05, 4.69) is 32.6 Å². The second kappa shape index (κ2) is 8.87. The van der Waals surface area contributed by atoms with Crippen molar-refractivity contribution in [2.75, 3.05) is 0 Å². The maximum atomic E-state index is 10.7. The van der Waals surface area contributed by atoms with E-state index >= 15 is 0 Å². The molecule has 0 amide bonds. The van der Waals surface area contributed by atoms with Crippen molar-refractivity contribution in [1.29, 1.82) is 0 Å². The molecule has 0 unspecified atom stereocenters. The van der Waals surface area contributed by atoms with Crippen molar-refractivity contribution < 1.29 is 15.0 Å². The zero-order valence-corrected chi connectivity index (χ0v) is 15.9. The second-order valence-corrected chi connectivity index (χ2v) is 6.13. The molecule has 0 aliphatic rings. The Bertz CT molecular complexity index is 1160. The number of nitrogens with zero attached hydrogens (tertiary/aromatic N) is 6. The van der Waals surface area contributed by atoms with Crippen LogP contribution in [0.2, 0.25) is 0 Å². The molecule has 0 radical (unpaired) electrons. The maximum absolute atomic E-state index is 10.7. The number of nitro groups is 2. The van der Waals surface area contributed by atoms with Crippen molar-refractivity contribution in [3.05, 3.63) is 79.9 Å². The van der Waals surface area contributed by atoms with E-state index in [4.69, 9.17) is 0 Å². The fourth-order valence-electron chi connectivity index (χ4n) is 2.26. The third-order valence-corrected chi connectivity index (χ3v) is 3.92. The van der Waals surface area contributed by atoms with Gasteiger partial charge >= 0.3 is 0 Å². The molecule has 0 fully saturated rings. The molecule has 0 spiro atoms. The molecule has 1 aromatic heterocycles. The molecular weight excluding hydrogens is 412 g/mol. The number of hydrogen-bond donors (Lipinski definition) is 2. The van der Waals surface area contributed by atoms with Crippen molar-refractivity contribution >= 4 is 47.9 Å². The van der Waals surface area contributed by atoms with Gasteiger partial charge in [-0.2, -0.15) is 4.98 Å². The molecule has 0 bridgehead atoms. The van der Waals surface area contributed by atoms with Gasteiger partial charge in [0.25, 0.3) is 11.4 Å². The average Bonchev–Trinajstić information content (AvgIpc) is 2.72. The maximum Gasteiger partial charge on any atom is 0.269 e. The van der Waals surface area contributed by atoms with E-state index < -0.39 is 15.7 Å². The van der Waals surface area contributed by atoms with Crippen LogP contribution in [0.5, 0.6) is 5.88 Å². The highest BCUT2D eigenvalue weighted by Crippen LogP contribution is 2.34. The number of aliphatic imine (C=N–C) groups is 2. The van der Waals surface area contributed by atoms with Gasteiger partial charge < -0.3 is 5.11 Å². The van der Waals surface area contributed by atoms with Crippen LogP contribution in [-0.2, 0) is 0 Å². The second-order valence-electron chi connectivity index (χ2n) is 5.73. The summed E-state index contributed by atoms with van der Waals surface area (Å²) in [5.41, 5.74) is 0.943. The molecule has 3 rings (SSSR count). The van der Waals surface area contributed by atoms with Crippen LogP contribution in [0.15, 0.2) is 63.7 Å². The summed E-state index contributed by atoms with van der Waals surface area (Å²) in [7, 11) is 0. The molecule has 0 atom stereocenters. The summed E-state index contributed by atoms with van der Waals surface area (Å²) < 4.78 is 0. The van der Waals surface area contributed by atoms with Crippen molar-refractivity contribution in [1.82, 2.24) is 9.97 Å². The number of hydrogen-bond acceptors (Lipinski definition) is 10. The Morgan fingerprint density at radius 2 is 1.30 bits per heavy atom. The predicted molar refractivity (Wildman–Crippen MR) is 112 cm³/mol. The highest BCUT2D eigenvalue weighted by molar-refractivity contribution is 7.80. The minimum Gasteiger partial charge on any atom is -0.492 e. The van der Waals surface area contributed by atoms with Gasteiger partial charge in [-0.05, 0) is 35.4 Å².